The number of aliphatic hydroxyl groups is 1. The van der Waals surface area contributed by atoms with E-state index in [1.54, 1.807) is 6.33 Å². The number of para-hydroxylation sites is 1. The Morgan fingerprint density at radius 1 is 1.21 bits per heavy atom. The zero-order valence-electron chi connectivity index (χ0n) is 11.1. The molecular weight excluding hydrogens is 238 g/mol. The predicted molar refractivity (Wildman–Crippen MR) is 76.0 cm³/mol. The average Bonchev–Trinajstić information content (AvgIpc) is 2.42. The summed E-state index contributed by atoms with van der Waals surface area (Å²) in [5.74, 6) is 0.900. The first-order valence-corrected chi connectivity index (χ1v) is 6.83. The van der Waals surface area contributed by atoms with Gasteiger partial charge in [-0.2, -0.15) is 0 Å². The largest absolute Gasteiger partial charge is 0.390 e. The van der Waals surface area contributed by atoms with Crippen LogP contribution >= 0.6 is 0 Å². The number of nitrogens with one attached hydrogen (secondary N) is 1. The minimum absolute atomic E-state index is 0.388. The van der Waals surface area contributed by atoms with Gasteiger partial charge in [-0.25, -0.2) is 9.97 Å². The summed E-state index contributed by atoms with van der Waals surface area (Å²) in [4.78, 5) is 8.62. The average molecular weight is 257 g/mol. The van der Waals surface area contributed by atoms with Crippen molar-refractivity contribution in [2.24, 2.45) is 0 Å². The maximum absolute atomic E-state index is 9.98. The molecule has 1 aliphatic rings. The van der Waals surface area contributed by atoms with E-state index >= 15 is 0 Å². The standard InChI is InChI=1S/C15H19N3O/c1-15(19)8-6-11(7-9-15)18-14-12-4-2-3-5-13(12)16-10-17-14/h2-5,10-11,19H,6-9H2,1H3,(H,16,17,18). The molecule has 1 aromatic heterocycles. The second-order valence-electron chi connectivity index (χ2n) is 5.65. The van der Waals surface area contributed by atoms with Gasteiger partial charge >= 0.3 is 0 Å². The Kier molecular flexibility index (Phi) is 3.11. The first-order valence-electron chi connectivity index (χ1n) is 6.83. The number of hydrogen-bond donors (Lipinski definition) is 2. The fraction of sp³-hybridized carbons (Fsp3) is 0.467. The van der Waals surface area contributed by atoms with Crippen LogP contribution in [-0.4, -0.2) is 26.7 Å². The maximum Gasteiger partial charge on any atom is 0.137 e. The zero-order chi connectivity index (χ0) is 13.3. The fourth-order valence-corrected chi connectivity index (χ4v) is 2.70. The first-order chi connectivity index (χ1) is 9.14. The second-order valence-corrected chi connectivity index (χ2v) is 5.65. The Balaban J connectivity index is 1.79. The van der Waals surface area contributed by atoms with E-state index in [-0.39, 0.29) is 0 Å². The summed E-state index contributed by atoms with van der Waals surface area (Å²) in [5.41, 5.74) is 0.467. The SMILES string of the molecule is CC1(O)CCC(Nc2ncnc3ccccc23)CC1. The lowest BCUT2D eigenvalue weighted by molar-refractivity contribution is 0.0196. The Morgan fingerprint density at radius 2 is 1.95 bits per heavy atom. The number of benzene rings is 1. The van der Waals surface area contributed by atoms with E-state index in [0.29, 0.717) is 6.04 Å². The van der Waals surface area contributed by atoms with Crippen LogP contribution < -0.4 is 5.32 Å². The monoisotopic (exact) mass is 257 g/mol. The van der Waals surface area contributed by atoms with Crippen molar-refractivity contribution in [3.63, 3.8) is 0 Å². The Bertz CT molecular complexity index is 567. The van der Waals surface area contributed by atoms with Gasteiger partial charge in [0.25, 0.3) is 0 Å². The van der Waals surface area contributed by atoms with E-state index in [4.69, 9.17) is 0 Å². The molecule has 4 heteroatoms. The van der Waals surface area contributed by atoms with Crippen molar-refractivity contribution in [1.29, 1.82) is 0 Å². The zero-order valence-corrected chi connectivity index (χ0v) is 11.1. The third kappa shape index (κ3) is 2.68. The van der Waals surface area contributed by atoms with Crippen LogP contribution in [0.5, 0.6) is 0 Å². The van der Waals surface area contributed by atoms with Crippen LogP contribution in [0.25, 0.3) is 10.9 Å². The van der Waals surface area contributed by atoms with Gasteiger partial charge in [-0.3, -0.25) is 0 Å². The molecule has 4 nitrogen and oxygen atoms in total. The summed E-state index contributed by atoms with van der Waals surface area (Å²) in [6.07, 6.45) is 5.24. The van der Waals surface area contributed by atoms with Gasteiger partial charge in [0.15, 0.2) is 0 Å². The Morgan fingerprint density at radius 3 is 2.74 bits per heavy atom. The quantitative estimate of drug-likeness (QED) is 0.868. The molecule has 0 atom stereocenters. The Hall–Kier alpha value is -1.68. The molecule has 2 aromatic rings. The Labute approximate surface area is 112 Å². The van der Waals surface area contributed by atoms with Crippen molar-refractivity contribution in [3.05, 3.63) is 30.6 Å². The molecule has 0 radical (unpaired) electrons. The fourth-order valence-electron chi connectivity index (χ4n) is 2.70. The van der Waals surface area contributed by atoms with Gasteiger partial charge in [-0.1, -0.05) is 12.1 Å². The maximum atomic E-state index is 9.98. The highest BCUT2D eigenvalue weighted by Gasteiger charge is 2.28. The van der Waals surface area contributed by atoms with E-state index in [0.717, 1.165) is 42.4 Å². The number of fused-ring (bicyclic) bond motifs is 1. The van der Waals surface area contributed by atoms with Gasteiger partial charge in [0, 0.05) is 11.4 Å². The van der Waals surface area contributed by atoms with Gasteiger partial charge in [0.1, 0.15) is 12.1 Å². The van der Waals surface area contributed by atoms with Crippen LogP contribution in [0, 0.1) is 0 Å². The molecule has 0 saturated heterocycles. The molecule has 1 saturated carbocycles. The number of rotatable bonds is 2. The third-order valence-electron chi connectivity index (χ3n) is 3.95. The highest BCUT2D eigenvalue weighted by molar-refractivity contribution is 5.88. The van der Waals surface area contributed by atoms with Crippen molar-refractivity contribution in [3.8, 4) is 0 Å². The lowest BCUT2D eigenvalue weighted by Gasteiger charge is -2.33. The van der Waals surface area contributed by atoms with Crippen LogP contribution in [0.2, 0.25) is 0 Å². The minimum Gasteiger partial charge on any atom is -0.390 e. The van der Waals surface area contributed by atoms with Crippen LogP contribution in [0.3, 0.4) is 0 Å². The molecule has 1 aromatic carbocycles. The van der Waals surface area contributed by atoms with E-state index in [1.165, 1.54) is 0 Å². The molecule has 100 valence electrons. The molecule has 1 fully saturated rings. The third-order valence-corrected chi connectivity index (χ3v) is 3.95. The van der Waals surface area contributed by atoms with Crippen molar-refractivity contribution in [1.82, 2.24) is 9.97 Å². The van der Waals surface area contributed by atoms with Crippen molar-refractivity contribution < 1.29 is 5.11 Å². The summed E-state index contributed by atoms with van der Waals surface area (Å²) in [7, 11) is 0. The highest BCUT2D eigenvalue weighted by Crippen LogP contribution is 2.30. The molecule has 19 heavy (non-hydrogen) atoms. The molecule has 0 aliphatic heterocycles. The van der Waals surface area contributed by atoms with Crippen LogP contribution in [-0.2, 0) is 0 Å². The van der Waals surface area contributed by atoms with Gasteiger partial charge < -0.3 is 10.4 Å². The molecule has 1 aliphatic carbocycles. The lowest BCUT2D eigenvalue weighted by Crippen LogP contribution is -2.35. The van der Waals surface area contributed by atoms with E-state index in [9.17, 15) is 5.11 Å². The van der Waals surface area contributed by atoms with Crippen LogP contribution in [0.4, 0.5) is 5.82 Å². The minimum atomic E-state index is -0.494. The number of anilines is 1. The lowest BCUT2D eigenvalue weighted by atomic mass is 9.83. The highest BCUT2D eigenvalue weighted by atomic mass is 16.3. The smallest absolute Gasteiger partial charge is 0.137 e. The molecule has 0 amide bonds. The van der Waals surface area contributed by atoms with E-state index in [2.05, 4.69) is 15.3 Å². The molecule has 0 bridgehead atoms. The van der Waals surface area contributed by atoms with E-state index < -0.39 is 5.60 Å². The summed E-state index contributed by atoms with van der Waals surface area (Å²) in [6.45, 7) is 1.92. The first kappa shape index (κ1) is 12.4. The molecular formula is C15H19N3O. The van der Waals surface area contributed by atoms with Crippen LogP contribution in [0.15, 0.2) is 30.6 Å². The van der Waals surface area contributed by atoms with Crippen molar-refractivity contribution in [2.75, 3.05) is 5.32 Å². The van der Waals surface area contributed by atoms with Gasteiger partial charge in [-0.05, 0) is 44.7 Å². The topological polar surface area (TPSA) is 58.0 Å². The normalized spacial score (nSPS) is 27.4. The van der Waals surface area contributed by atoms with Gasteiger partial charge in [-0.15, -0.1) is 0 Å². The predicted octanol–water partition coefficient (Wildman–Crippen LogP) is 2.74. The van der Waals surface area contributed by atoms with Crippen LogP contribution in [0.1, 0.15) is 32.6 Å². The summed E-state index contributed by atoms with van der Waals surface area (Å²) in [6, 6.07) is 8.41. The number of aromatic nitrogens is 2. The van der Waals surface area contributed by atoms with E-state index in [1.807, 2.05) is 31.2 Å². The number of nitrogens with zero attached hydrogens (tertiary/aromatic N) is 2. The van der Waals surface area contributed by atoms with Crippen molar-refractivity contribution >= 4 is 16.7 Å². The van der Waals surface area contributed by atoms with Crippen molar-refractivity contribution in [2.45, 2.75) is 44.2 Å². The summed E-state index contributed by atoms with van der Waals surface area (Å²) < 4.78 is 0. The molecule has 3 rings (SSSR count). The number of hydrogen-bond acceptors (Lipinski definition) is 4. The van der Waals surface area contributed by atoms with Gasteiger partial charge in [0.2, 0.25) is 0 Å². The molecule has 1 heterocycles. The van der Waals surface area contributed by atoms with Gasteiger partial charge in [0.05, 0.1) is 11.1 Å². The molecule has 0 spiro atoms. The summed E-state index contributed by atoms with van der Waals surface area (Å²) in [5, 5.41) is 14.5. The summed E-state index contributed by atoms with van der Waals surface area (Å²) >= 11 is 0. The molecule has 2 N–H and O–H groups in total. The second kappa shape index (κ2) is 4.78. The molecule has 0 unspecified atom stereocenters.